The summed E-state index contributed by atoms with van der Waals surface area (Å²) in [6.45, 7) is 2.47. The average Bonchev–Trinajstić information content (AvgIpc) is 2.25. The third kappa shape index (κ3) is 2.76. The molecule has 0 aliphatic heterocycles. The predicted molar refractivity (Wildman–Crippen MR) is 77.6 cm³/mol. The summed E-state index contributed by atoms with van der Waals surface area (Å²) in [6.07, 6.45) is 16.4. The molecule has 3 aliphatic carbocycles. The molecule has 3 fully saturated rings. The summed E-state index contributed by atoms with van der Waals surface area (Å²) in [7, 11) is 0. The summed E-state index contributed by atoms with van der Waals surface area (Å²) in [5.41, 5.74) is 0. The van der Waals surface area contributed by atoms with E-state index in [1.807, 2.05) is 0 Å². The van der Waals surface area contributed by atoms with Crippen LogP contribution in [0.4, 0.5) is 0 Å². The molecule has 0 radical (unpaired) electrons. The highest BCUT2D eigenvalue weighted by atomic mass is 15.0. The Bertz CT molecular complexity index is 234. The maximum absolute atomic E-state index is 4.09. The van der Waals surface area contributed by atoms with Crippen molar-refractivity contribution in [3.63, 3.8) is 0 Å². The Morgan fingerprint density at radius 2 is 1.17 bits per heavy atom. The van der Waals surface area contributed by atoms with Crippen molar-refractivity contribution in [2.45, 2.75) is 89.6 Å². The van der Waals surface area contributed by atoms with Crippen LogP contribution in [0.3, 0.4) is 0 Å². The van der Waals surface area contributed by atoms with Gasteiger partial charge in [0.25, 0.3) is 0 Å². The summed E-state index contributed by atoms with van der Waals surface area (Å²) in [4.78, 5) is 0. The van der Waals surface area contributed by atoms with Crippen molar-refractivity contribution < 1.29 is 0 Å². The molecule has 1 atom stereocenters. The summed E-state index contributed by atoms with van der Waals surface area (Å²) >= 11 is 0. The Labute approximate surface area is 113 Å². The first kappa shape index (κ1) is 13.0. The minimum atomic E-state index is 0.775. The largest absolute Gasteiger partial charge is 0.311 e. The van der Waals surface area contributed by atoms with Gasteiger partial charge >= 0.3 is 0 Å². The Hall–Kier alpha value is -0.0400. The van der Waals surface area contributed by atoms with Crippen LogP contribution in [0, 0.1) is 17.8 Å². The molecule has 0 saturated heterocycles. The zero-order valence-electron chi connectivity index (χ0n) is 12.2. The molecule has 1 N–H and O–H groups in total. The van der Waals surface area contributed by atoms with E-state index < -0.39 is 0 Å². The molecule has 0 aromatic rings. The summed E-state index contributed by atoms with van der Waals surface area (Å²) in [5, 5.41) is 4.09. The van der Waals surface area contributed by atoms with Crippen LogP contribution in [0.1, 0.15) is 77.6 Å². The summed E-state index contributed by atoms with van der Waals surface area (Å²) in [5.74, 6) is 3.03. The lowest BCUT2D eigenvalue weighted by molar-refractivity contribution is 0.102. The van der Waals surface area contributed by atoms with Crippen molar-refractivity contribution in [3.8, 4) is 0 Å². The molecule has 3 saturated carbocycles. The van der Waals surface area contributed by atoms with Crippen molar-refractivity contribution in [2.75, 3.05) is 0 Å². The standard InChI is InChI=1S/C17H31N/c1-13(14-7-3-2-4-8-14)18-17(15-9-5-10-15)16-11-6-12-16/h13-18H,2-12H2,1H3/t13-/m1/s1. The molecule has 0 amide bonds. The normalized spacial score (nSPS) is 29.0. The molecular weight excluding hydrogens is 218 g/mol. The van der Waals surface area contributed by atoms with E-state index in [0.717, 1.165) is 29.8 Å². The third-order valence-electron chi connectivity index (χ3n) is 6.13. The fourth-order valence-corrected chi connectivity index (χ4v) is 4.33. The van der Waals surface area contributed by atoms with Crippen molar-refractivity contribution in [2.24, 2.45) is 17.8 Å². The lowest BCUT2D eigenvalue weighted by Crippen LogP contribution is -2.52. The van der Waals surface area contributed by atoms with Crippen molar-refractivity contribution in [3.05, 3.63) is 0 Å². The van der Waals surface area contributed by atoms with Gasteiger partial charge in [0, 0.05) is 12.1 Å². The lowest BCUT2D eigenvalue weighted by Gasteiger charge is -2.45. The monoisotopic (exact) mass is 249 g/mol. The Balaban J connectivity index is 1.53. The van der Waals surface area contributed by atoms with E-state index in [0.29, 0.717) is 0 Å². The van der Waals surface area contributed by atoms with E-state index in [-0.39, 0.29) is 0 Å². The molecule has 0 unspecified atom stereocenters. The Morgan fingerprint density at radius 3 is 1.61 bits per heavy atom. The fourth-order valence-electron chi connectivity index (χ4n) is 4.33. The topological polar surface area (TPSA) is 12.0 Å². The van der Waals surface area contributed by atoms with Gasteiger partial charge in [-0.2, -0.15) is 0 Å². The molecule has 1 nitrogen and oxygen atoms in total. The average molecular weight is 249 g/mol. The van der Waals surface area contributed by atoms with Gasteiger partial charge in [-0.15, -0.1) is 0 Å². The van der Waals surface area contributed by atoms with Crippen LogP contribution < -0.4 is 5.32 Å². The van der Waals surface area contributed by atoms with E-state index in [1.165, 1.54) is 70.6 Å². The number of hydrogen-bond donors (Lipinski definition) is 1. The van der Waals surface area contributed by atoms with Gasteiger partial charge < -0.3 is 5.32 Å². The predicted octanol–water partition coefficient (Wildman–Crippen LogP) is 4.51. The second-order valence-corrected chi connectivity index (χ2v) is 7.26. The highest BCUT2D eigenvalue weighted by Crippen LogP contribution is 2.40. The van der Waals surface area contributed by atoms with Gasteiger partial charge in [0.15, 0.2) is 0 Å². The smallest absolute Gasteiger partial charge is 0.0126 e. The zero-order valence-corrected chi connectivity index (χ0v) is 12.2. The minimum absolute atomic E-state index is 0.775. The molecule has 3 rings (SSSR count). The molecule has 0 aromatic carbocycles. The van der Waals surface area contributed by atoms with Gasteiger partial charge in [-0.3, -0.25) is 0 Å². The maximum Gasteiger partial charge on any atom is 0.0126 e. The highest BCUT2D eigenvalue weighted by Gasteiger charge is 2.37. The van der Waals surface area contributed by atoms with E-state index in [9.17, 15) is 0 Å². The number of rotatable bonds is 5. The van der Waals surface area contributed by atoms with E-state index in [2.05, 4.69) is 12.2 Å². The van der Waals surface area contributed by atoms with Crippen LogP contribution in [0.25, 0.3) is 0 Å². The van der Waals surface area contributed by atoms with Gasteiger partial charge in [0.2, 0.25) is 0 Å². The van der Waals surface area contributed by atoms with Crippen molar-refractivity contribution >= 4 is 0 Å². The number of nitrogens with one attached hydrogen (secondary N) is 1. The Kier molecular flexibility index (Phi) is 4.28. The van der Waals surface area contributed by atoms with Crippen LogP contribution in [-0.2, 0) is 0 Å². The van der Waals surface area contributed by atoms with Gasteiger partial charge in [0.1, 0.15) is 0 Å². The maximum atomic E-state index is 4.09. The van der Waals surface area contributed by atoms with E-state index in [1.54, 1.807) is 0 Å². The van der Waals surface area contributed by atoms with Crippen LogP contribution in [0.15, 0.2) is 0 Å². The SMILES string of the molecule is C[C@@H](NC(C1CCC1)C1CCC1)C1CCCCC1. The first-order valence-corrected chi connectivity index (χ1v) is 8.60. The first-order chi connectivity index (χ1) is 8.84. The Morgan fingerprint density at radius 1 is 0.667 bits per heavy atom. The third-order valence-corrected chi connectivity index (χ3v) is 6.13. The van der Waals surface area contributed by atoms with Crippen LogP contribution in [0.2, 0.25) is 0 Å². The van der Waals surface area contributed by atoms with Crippen LogP contribution in [0.5, 0.6) is 0 Å². The minimum Gasteiger partial charge on any atom is -0.311 e. The quantitative estimate of drug-likeness (QED) is 0.755. The molecule has 0 bridgehead atoms. The van der Waals surface area contributed by atoms with E-state index >= 15 is 0 Å². The van der Waals surface area contributed by atoms with Gasteiger partial charge in [-0.05, 0) is 63.2 Å². The summed E-state index contributed by atoms with van der Waals surface area (Å²) in [6, 6.07) is 1.65. The van der Waals surface area contributed by atoms with Gasteiger partial charge in [-0.25, -0.2) is 0 Å². The second-order valence-electron chi connectivity index (χ2n) is 7.26. The molecule has 1 heteroatoms. The molecule has 3 aliphatic rings. The van der Waals surface area contributed by atoms with Crippen molar-refractivity contribution in [1.82, 2.24) is 5.32 Å². The van der Waals surface area contributed by atoms with Crippen LogP contribution >= 0.6 is 0 Å². The van der Waals surface area contributed by atoms with E-state index in [4.69, 9.17) is 0 Å². The summed E-state index contributed by atoms with van der Waals surface area (Å²) < 4.78 is 0. The molecule has 18 heavy (non-hydrogen) atoms. The zero-order chi connectivity index (χ0) is 12.4. The van der Waals surface area contributed by atoms with Gasteiger partial charge in [-0.1, -0.05) is 32.1 Å². The van der Waals surface area contributed by atoms with Crippen LogP contribution in [-0.4, -0.2) is 12.1 Å². The van der Waals surface area contributed by atoms with Gasteiger partial charge in [0.05, 0.1) is 0 Å². The first-order valence-electron chi connectivity index (χ1n) is 8.60. The lowest BCUT2D eigenvalue weighted by atomic mass is 9.68. The highest BCUT2D eigenvalue weighted by molar-refractivity contribution is 4.93. The molecular formula is C17H31N. The molecule has 0 spiro atoms. The molecule has 0 aromatic heterocycles. The molecule has 104 valence electrons. The second kappa shape index (κ2) is 5.94. The van der Waals surface area contributed by atoms with Crippen molar-refractivity contribution in [1.29, 1.82) is 0 Å². The number of hydrogen-bond acceptors (Lipinski definition) is 1. The fraction of sp³-hybridized carbons (Fsp3) is 1.00. The molecule has 0 heterocycles.